The minimum Gasteiger partial charge on any atom is -0.480 e. The Bertz CT molecular complexity index is 901. The number of hydrogen-bond acceptors (Lipinski definition) is 5. The second-order valence-electron chi connectivity index (χ2n) is 7.28. The van der Waals surface area contributed by atoms with Crippen LogP contribution in [0.15, 0.2) is 60.7 Å². The minimum absolute atomic E-state index is 0.0236. The van der Waals surface area contributed by atoms with Crippen molar-refractivity contribution in [1.82, 2.24) is 10.6 Å². The SMILES string of the molecule is CCC(=O)CC[C@H](NC(=O)[C@H](Cc1ccccc1)NC(=O)OCc1ccccc1)C(=O)O. The van der Waals surface area contributed by atoms with Crippen LogP contribution >= 0.6 is 0 Å². The Balaban J connectivity index is 2.05. The largest absolute Gasteiger partial charge is 0.480 e. The van der Waals surface area contributed by atoms with Gasteiger partial charge in [-0.25, -0.2) is 9.59 Å². The number of carboxylic acid groups (broad SMARTS) is 1. The molecule has 0 aliphatic rings. The molecule has 0 spiro atoms. The van der Waals surface area contributed by atoms with Crippen LogP contribution < -0.4 is 10.6 Å². The van der Waals surface area contributed by atoms with Gasteiger partial charge in [-0.15, -0.1) is 0 Å². The van der Waals surface area contributed by atoms with Gasteiger partial charge in [0.1, 0.15) is 24.5 Å². The highest BCUT2D eigenvalue weighted by Crippen LogP contribution is 2.07. The Labute approximate surface area is 187 Å². The number of nitrogens with one attached hydrogen (secondary N) is 2. The quantitative estimate of drug-likeness (QED) is 0.467. The molecule has 0 saturated heterocycles. The van der Waals surface area contributed by atoms with Gasteiger partial charge in [0.05, 0.1) is 0 Å². The lowest BCUT2D eigenvalue weighted by Gasteiger charge is -2.21. The highest BCUT2D eigenvalue weighted by Gasteiger charge is 2.27. The molecule has 2 aromatic carbocycles. The van der Waals surface area contributed by atoms with Crippen LogP contribution in [0.25, 0.3) is 0 Å². The number of amides is 2. The number of carbonyl (C=O) groups is 4. The Morgan fingerprint density at radius 3 is 2.03 bits per heavy atom. The number of hydrogen-bond donors (Lipinski definition) is 3. The summed E-state index contributed by atoms with van der Waals surface area (Å²) in [6.45, 7) is 1.72. The number of ketones is 1. The summed E-state index contributed by atoms with van der Waals surface area (Å²) < 4.78 is 5.20. The molecule has 2 atom stereocenters. The van der Waals surface area contributed by atoms with E-state index in [1.165, 1.54) is 0 Å². The number of alkyl carbamates (subject to hydrolysis) is 1. The second-order valence-corrected chi connectivity index (χ2v) is 7.28. The van der Waals surface area contributed by atoms with Crippen LogP contribution in [-0.2, 0) is 32.1 Å². The van der Waals surface area contributed by atoms with E-state index in [1.807, 2.05) is 24.3 Å². The molecule has 8 nitrogen and oxygen atoms in total. The number of rotatable bonds is 12. The Morgan fingerprint density at radius 1 is 0.875 bits per heavy atom. The molecule has 170 valence electrons. The second kappa shape index (κ2) is 12.9. The van der Waals surface area contributed by atoms with E-state index in [2.05, 4.69) is 10.6 Å². The number of benzene rings is 2. The maximum Gasteiger partial charge on any atom is 0.408 e. The first-order valence-electron chi connectivity index (χ1n) is 10.4. The van der Waals surface area contributed by atoms with Crippen molar-refractivity contribution in [2.24, 2.45) is 0 Å². The summed E-state index contributed by atoms with van der Waals surface area (Å²) in [5.74, 6) is -2.00. The van der Waals surface area contributed by atoms with Gasteiger partial charge in [-0.1, -0.05) is 67.6 Å². The van der Waals surface area contributed by atoms with Crippen LogP contribution in [0.4, 0.5) is 4.79 Å². The van der Waals surface area contributed by atoms with E-state index in [4.69, 9.17) is 4.74 Å². The third-order valence-electron chi connectivity index (χ3n) is 4.82. The van der Waals surface area contributed by atoms with Gasteiger partial charge in [0, 0.05) is 19.3 Å². The van der Waals surface area contributed by atoms with E-state index >= 15 is 0 Å². The van der Waals surface area contributed by atoms with Crippen molar-refractivity contribution < 1.29 is 29.0 Å². The number of carbonyl (C=O) groups excluding carboxylic acids is 3. The van der Waals surface area contributed by atoms with Gasteiger partial charge >= 0.3 is 12.1 Å². The van der Waals surface area contributed by atoms with Gasteiger partial charge in [-0.2, -0.15) is 0 Å². The molecule has 0 aliphatic carbocycles. The molecular weight excluding hydrogens is 412 g/mol. The maximum atomic E-state index is 12.9. The van der Waals surface area contributed by atoms with Crippen molar-refractivity contribution in [2.75, 3.05) is 0 Å². The lowest BCUT2D eigenvalue weighted by atomic mass is 10.0. The van der Waals surface area contributed by atoms with E-state index in [0.717, 1.165) is 11.1 Å². The Hall–Kier alpha value is -3.68. The van der Waals surface area contributed by atoms with Gasteiger partial charge in [0.2, 0.25) is 5.91 Å². The molecule has 2 aromatic rings. The maximum absolute atomic E-state index is 12.9. The molecule has 0 aromatic heterocycles. The number of aliphatic carboxylic acids is 1. The number of Topliss-reactive ketones (excluding diaryl/α,β-unsaturated/α-hetero) is 1. The fraction of sp³-hybridized carbons (Fsp3) is 0.333. The van der Waals surface area contributed by atoms with E-state index in [-0.39, 0.29) is 31.7 Å². The van der Waals surface area contributed by atoms with Crippen LogP contribution in [0.1, 0.15) is 37.3 Å². The van der Waals surface area contributed by atoms with Gasteiger partial charge in [0.15, 0.2) is 0 Å². The smallest absolute Gasteiger partial charge is 0.408 e. The number of ether oxygens (including phenoxy) is 1. The predicted molar refractivity (Wildman–Crippen MR) is 118 cm³/mol. The van der Waals surface area contributed by atoms with Crippen molar-refractivity contribution in [3.8, 4) is 0 Å². The van der Waals surface area contributed by atoms with Crippen molar-refractivity contribution in [2.45, 2.75) is 51.3 Å². The van der Waals surface area contributed by atoms with Crippen molar-refractivity contribution in [1.29, 1.82) is 0 Å². The highest BCUT2D eigenvalue weighted by atomic mass is 16.5. The first-order chi connectivity index (χ1) is 15.4. The zero-order valence-corrected chi connectivity index (χ0v) is 18.0. The fourth-order valence-corrected chi connectivity index (χ4v) is 2.98. The minimum atomic E-state index is -1.24. The number of carboxylic acids is 1. The van der Waals surface area contributed by atoms with E-state index in [0.29, 0.717) is 6.42 Å². The van der Waals surface area contributed by atoms with Crippen LogP contribution in [0.5, 0.6) is 0 Å². The topological polar surface area (TPSA) is 122 Å². The fourth-order valence-electron chi connectivity index (χ4n) is 2.98. The lowest BCUT2D eigenvalue weighted by molar-refractivity contribution is -0.142. The van der Waals surface area contributed by atoms with Gasteiger partial charge in [-0.3, -0.25) is 9.59 Å². The average molecular weight is 440 g/mol. The van der Waals surface area contributed by atoms with Crippen molar-refractivity contribution in [3.05, 3.63) is 71.8 Å². The van der Waals surface area contributed by atoms with Crippen LogP contribution in [0.3, 0.4) is 0 Å². The molecular formula is C24H28N2O6. The van der Waals surface area contributed by atoms with E-state index < -0.39 is 30.1 Å². The Kier molecular flexibility index (Phi) is 9.90. The molecule has 0 fully saturated rings. The molecule has 0 bridgehead atoms. The molecule has 2 rings (SSSR count). The highest BCUT2D eigenvalue weighted by molar-refractivity contribution is 5.89. The van der Waals surface area contributed by atoms with E-state index in [9.17, 15) is 24.3 Å². The first kappa shape index (κ1) is 24.6. The summed E-state index contributed by atoms with van der Waals surface area (Å²) in [7, 11) is 0. The standard InChI is InChI=1S/C24H28N2O6/c1-2-19(27)13-14-20(23(29)30)25-22(28)21(15-17-9-5-3-6-10-17)26-24(31)32-16-18-11-7-4-8-12-18/h3-12,20-21H,2,13-16H2,1H3,(H,25,28)(H,26,31)(H,29,30)/t20-,21-/m0/s1. The normalized spacial score (nSPS) is 12.3. The third kappa shape index (κ3) is 8.59. The zero-order valence-electron chi connectivity index (χ0n) is 18.0. The summed E-state index contributed by atoms with van der Waals surface area (Å²) in [6, 6.07) is 15.8. The molecule has 0 aliphatic heterocycles. The summed E-state index contributed by atoms with van der Waals surface area (Å²) >= 11 is 0. The van der Waals surface area contributed by atoms with Gasteiger partial charge < -0.3 is 20.5 Å². The molecule has 0 unspecified atom stereocenters. The molecule has 3 N–H and O–H groups in total. The third-order valence-corrected chi connectivity index (χ3v) is 4.82. The summed E-state index contributed by atoms with van der Waals surface area (Å²) in [6.07, 6.45) is -0.328. The van der Waals surface area contributed by atoms with Crippen molar-refractivity contribution >= 4 is 23.8 Å². The zero-order chi connectivity index (χ0) is 23.3. The lowest BCUT2D eigenvalue weighted by Crippen LogP contribution is -2.52. The van der Waals surface area contributed by atoms with Crippen LogP contribution in [-0.4, -0.2) is 40.9 Å². The average Bonchev–Trinajstić information content (AvgIpc) is 2.80. The van der Waals surface area contributed by atoms with Crippen LogP contribution in [0.2, 0.25) is 0 Å². The molecule has 8 heteroatoms. The van der Waals surface area contributed by atoms with Crippen molar-refractivity contribution in [3.63, 3.8) is 0 Å². The molecule has 2 amide bonds. The molecule has 0 radical (unpaired) electrons. The van der Waals surface area contributed by atoms with Gasteiger partial charge in [-0.05, 0) is 17.5 Å². The summed E-state index contributed by atoms with van der Waals surface area (Å²) in [5, 5.41) is 14.4. The van der Waals surface area contributed by atoms with Crippen LogP contribution in [0, 0.1) is 0 Å². The molecule has 32 heavy (non-hydrogen) atoms. The first-order valence-corrected chi connectivity index (χ1v) is 10.4. The summed E-state index contributed by atoms with van der Waals surface area (Å²) in [4.78, 5) is 48.3. The predicted octanol–water partition coefficient (Wildman–Crippen LogP) is 2.85. The monoisotopic (exact) mass is 440 g/mol. The van der Waals surface area contributed by atoms with E-state index in [1.54, 1.807) is 43.3 Å². The summed E-state index contributed by atoms with van der Waals surface area (Å²) in [5.41, 5.74) is 1.57. The molecule has 0 heterocycles. The van der Waals surface area contributed by atoms with Gasteiger partial charge in [0.25, 0.3) is 0 Å². The Morgan fingerprint density at radius 2 is 1.47 bits per heavy atom. The molecule has 0 saturated carbocycles.